The molecular formula is C20H25NO4S. The molecule has 2 rings (SSSR count). The van der Waals surface area contributed by atoms with Crippen molar-refractivity contribution in [1.82, 2.24) is 0 Å². The normalized spacial score (nSPS) is 11.9. The van der Waals surface area contributed by atoms with E-state index in [1.807, 2.05) is 39.0 Å². The molecule has 2 aromatic rings. The highest BCUT2D eigenvalue weighted by Crippen LogP contribution is 2.33. The Kier molecular flexibility index (Phi) is 6.80. The average Bonchev–Trinajstić information content (AvgIpc) is 2.86. The maximum Gasteiger partial charge on any atom is 0.341 e. The fourth-order valence-electron chi connectivity index (χ4n) is 2.41. The minimum absolute atomic E-state index is 0.226. The van der Waals surface area contributed by atoms with Gasteiger partial charge in [0.15, 0.2) is 6.10 Å². The average molecular weight is 375 g/mol. The van der Waals surface area contributed by atoms with Gasteiger partial charge in [-0.25, -0.2) is 4.79 Å². The Hall–Kier alpha value is -2.34. The minimum Gasteiger partial charge on any atom is -0.481 e. The van der Waals surface area contributed by atoms with E-state index < -0.39 is 12.1 Å². The van der Waals surface area contributed by atoms with Crippen LogP contribution in [-0.2, 0) is 9.53 Å². The van der Waals surface area contributed by atoms with E-state index >= 15 is 0 Å². The highest BCUT2D eigenvalue weighted by atomic mass is 32.1. The molecular weight excluding hydrogens is 350 g/mol. The second-order valence-corrected chi connectivity index (χ2v) is 7.48. The number of aryl methyl sites for hydroxylation is 1. The summed E-state index contributed by atoms with van der Waals surface area (Å²) >= 11 is 1.37. The van der Waals surface area contributed by atoms with Gasteiger partial charge in [-0.05, 0) is 51.8 Å². The lowest BCUT2D eigenvalue weighted by atomic mass is 10.1. The number of hydrogen-bond acceptors (Lipinski definition) is 5. The molecule has 26 heavy (non-hydrogen) atoms. The molecule has 1 heterocycles. The van der Waals surface area contributed by atoms with Crippen LogP contribution in [0.15, 0.2) is 30.3 Å². The van der Waals surface area contributed by atoms with Crippen LogP contribution in [0.2, 0.25) is 0 Å². The Morgan fingerprint density at radius 1 is 1.15 bits per heavy atom. The van der Waals surface area contributed by atoms with Crippen LogP contribution in [0, 0.1) is 13.8 Å². The summed E-state index contributed by atoms with van der Waals surface area (Å²) in [5, 5.41) is 3.36. The van der Waals surface area contributed by atoms with Crippen molar-refractivity contribution < 1.29 is 19.1 Å². The molecule has 0 aliphatic heterocycles. The number of benzene rings is 1. The number of ether oxygens (including phenoxy) is 2. The zero-order valence-electron chi connectivity index (χ0n) is 15.8. The number of rotatable bonds is 7. The summed E-state index contributed by atoms with van der Waals surface area (Å²) in [4.78, 5) is 26.1. The van der Waals surface area contributed by atoms with Gasteiger partial charge in [0, 0.05) is 4.88 Å². The highest BCUT2D eigenvalue weighted by Gasteiger charge is 2.26. The predicted molar refractivity (Wildman–Crippen MR) is 104 cm³/mol. The molecule has 0 fully saturated rings. The standard InChI is InChI=1S/C20H25NO4S/c1-6-16(25-15-10-8-7-9-11-15)18(22)21-19-17(13(4)14(5)26-19)20(23)24-12(2)3/h7-12,16H,6H2,1-5H3,(H,21,22). The molecule has 0 spiro atoms. The molecule has 0 radical (unpaired) electrons. The number of carbonyl (C=O) groups is 2. The first-order valence-corrected chi connectivity index (χ1v) is 9.48. The molecule has 0 saturated heterocycles. The number of para-hydroxylation sites is 1. The lowest BCUT2D eigenvalue weighted by Crippen LogP contribution is -2.32. The number of anilines is 1. The van der Waals surface area contributed by atoms with E-state index in [0.29, 0.717) is 22.7 Å². The largest absolute Gasteiger partial charge is 0.481 e. The molecule has 1 amide bonds. The first-order chi connectivity index (χ1) is 12.3. The third-order valence-corrected chi connectivity index (χ3v) is 4.98. The van der Waals surface area contributed by atoms with Crippen LogP contribution in [-0.4, -0.2) is 24.1 Å². The summed E-state index contributed by atoms with van der Waals surface area (Å²) in [5.74, 6) is -0.0714. The van der Waals surface area contributed by atoms with E-state index in [4.69, 9.17) is 9.47 Å². The second-order valence-electron chi connectivity index (χ2n) is 6.26. The van der Waals surface area contributed by atoms with Gasteiger partial charge in [0.05, 0.1) is 11.7 Å². The fraction of sp³-hybridized carbons (Fsp3) is 0.400. The predicted octanol–water partition coefficient (Wildman–Crippen LogP) is 4.73. The van der Waals surface area contributed by atoms with Gasteiger partial charge in [-0.15, -0.1) is 11.3 Å². The monoisotopic (exact) mass is 375 g/mol. The molecule has 140 valence electrons. The van der Waals surface area contributed by atoms with E-state index in [9.17, 15) is 9.59 Å². The summed E-state index contributed by atoms with van der Waals surface area (Å²) < 4.78 is 11.1. The zero-order valence-corrected chi connectivity index (χ0v) is 16.6. The van der Waals surface area contributed by atoms with E-state index in [2.05, 4.69) is 5.32 Å². The Balaban J connectivity index is 2.19. The molecule has 1 N–H and O–H groups in total. The van der Waals surface area contributed by atoms with Gasteiger partial charge >= 0.3 is 5.97 Å². The topological polar surface area (TPSA) is 64.6 Å². The lowest BCUT2D eigenvalue weighted by Gasteiger charge is -2.17. The van der Waals surface area contributed by atoms with Crippen molar-refractivity contribution in [1.29, 1.82) is 0 Å². The number of hydrogen-bond donors (Lipinski definition) is 1. The number of nitrogens with one attached hydrogen (secondary N) is 1. The van der Waals surface area contributed by atoms with Gasteiger partial charge in [-0.2, -0.15) is 0 Å². The maximum atomic E-state index is 12.7. The molecule has 0 saturated carbocycles. The molecule has 6 heteroatoms. The van der Waals surface area contributed by atoms with Crippen LogP contribution in [0.4, 0.5) is 5.00 Å². The zero-order chi connectivity index (χ0) is 19.3. The van der Waals surface area contributed by atoms with Crippen LogP contribution < -0.4 is 10.1 Å². The molecule has 1 atom stereocenters. The number of esters is 1. The van der Waals surface area contributed by atoms with Gasteiger partial charge in [0.25, 0.3) is 5.91 Å². The van der Waals surface area contributed by atoms with Crippen molar-refractivity contribution in [2.45, 2.75) is 53.2 Å². The smallest absolute Gasteiger partial charge is 0.341 e. The third-order valence-electron chi connectivity index (χ3n) is 3.85. The van der Waals surface area contributed by atoms with Crippen molar-refractivity contribution in [3.63, 3.8) is 0 Å². The van der Waals surface area contributed by atoms with E-state index in [1.54, 1.807) is 26.0 Å². The summed E-state index contributed by atoms with van der Waals surface area (Å²) in [7, 11) is 0. The Bertz CT molecular complexity index is 768. The van der Waals surface area contributed by atoms with Crippen LogP contribution in [0.5, 0.6) is 5.75 Å². The molecule has 5 nitrogen and oxygen atoms in total. The third kappa shape index (κ3) is 4.85. The second kappa shape index (κ2) is 8.85. The number of thiophene rings is 1. The van der Waals surface area contributed by atoms with Gasteiger partial charge in [0.2, 0.25) is 0 Å². The molecule has 0 bridgehead atoms. The Morgan fingerprint density at radius 2 is 1.81 bits per heavy atom. The van der Waals surface area contributed by atoms with Crippen molar-refractivity contribution in [3.8, 4) is 5.75 Å². The fourth-order valence-corrected chi connectivity index (χ4v) is 3.46. The highest BCUT2D eigenvalue weighted by molar-refractivity contribution is 7.16. The van der Waals surface area contributed by atoms with Crippen LogP contribution in [0.3, 0.4) is 0 Å². The summed E-state index contributed by atoms with van der Waals surface area (Å²) in [6.07, 6.45) is -0.361. The Morgan fingerprint density at radius 3 is 2.38 bits per heavy atom. The Labute approximate surface area is 158 Å². The summed E-state index contributed by atoms with van der Waals surface area (Å²) in [6, 6.07) is 9.21. The molecule has 1 aromatic heterocycles. The van der Waals surface area contributed by atoms with Crippen LogP contribution in [0.25, 0.3) is 0 Å². The van der Waals surface area contributed by atoms with Gasteiger partial charge in [-0.1, -0.05) is 25.1 Å². The van der Waals surface area contributed by atoms with Crippen molar-refractivity contribution in [2.75, 3.05) is 5.32 Å². The van der Waals surface area contributed by atoms with Crippen molar-refractivity contribution >= 4 is 28.2 Å². The van der Waals surface area contributed by atoms with E-state index in [-0.39, 0.29) is 12.0 Å². The van der Waals surface area contributed by atoms with E-state index in [1.165, 1.54) is 11.3 Å². The molecule has 0 aliphatic carbocycles. The SMILES string of the molecule is CCC(Oc1ccccc1)C(=O)Nc1sc(C)c(C)c1C(=O)OC(C)C. The van der Waals surface area contributed by atoms with Crippen LogP contribution >= 0.6 is 11.3 Å². The first-order valence-electron chi connectivity index (χ1n) is 8.67. The van der Waals surface area contributed by atoms with Crippen LogP contribution in [0.1, 0.15) is 48.0 Å². The van der Waals surface area contributed by atoms with Gasteiger partial charge in [-0.3, -0.25) is 4.79 Å². The molecule has 1 unspecified atom stereocenters. The lowest BCUT2D eigenvalue weighted by molar-refractivity contribution is -0.122. The van der Waals surface area contributed by atoms with E-state index in [0.717, 1.165) is 10.4 Å². The summed E-state index contributed by atoms with van der Waals surface area (Å²) in [5.41, 5.74) is 1.25. The van der Waals surface area contributed by atoms with Gasteiger partial charge in [0.1, 0.15) is 10.8 Å². The van der Waals surface area contributed by atoms with Crippen molar-refractivity contribution in [3.05, 3.63) is 46.3 Å². The quantitative estimate of drug-likeness (QED) is 0.711. The molecule has 1 aromatic carbocycles. The van der Waals surface area contributed by atoms with Crippen molar-refractivity contribution in [2.24, 2.45) is 0 Å². The molecule has 0 aliphatic rings. The number of amides is 1. The maximum absolute atomic E-state index is 12.7. The first kappa shape index (κ1) is 20.0. The van der Waals surface area contributed by atoms with Gasteiger partial charge < -0.3 is 14.8 Å². The summed E-state index contributed by atoms with van der Waals surface area (Å²) in [6.45, 7) is 9.25. The number of carbonyl (C=O) groups excluding carboxylic acids is 2. The minimum atomic E-state index is -0.644.